The minimum absolute atomic E-state index is 0.0469. The van der Waals surface area contributed by atoms with Crippen LogP contribution in [0.15, 0.2) is 53.1 Å². The second kappa shape index (κ2) is 8.72. The molecular weight excluding hydrogens is 468 g/mol. The summed E-state index contributed by atoms with van der Waals surface area (Å²) >= 11 is 6.31. The number of aromatic nitrogens is 1. The number of hydrogen-bond donors (Lipinski definition) is 0. The maximum atomic E-state index is 13.5. The van der Waals surface area contributed by atoms with E-state index in [-0.39, 0.29) is 23.7 Å². The van der Waals surface area contributed by atoms with Gasteiger partial charge in [-0.15, -0.1) is 0 Å². The molecule has 33 heavy (non-hydrogen) atoms. The van der Waals surface area contributed by atoms with Gasteiger partial charge in [-0.05, 0) is 36.2 Å². The lowest BCUT2D eigenvalue weighted by molar-refractivity contribution is 0.0670. The van der Waals surface area contributed by atoms with Gasteiger partial charge < -0.3 is 18.9 Å². The van der Waals surface area contributed by atoms with E-state index in [9.17, 15) is 13.2 Å². The van der Waals surface area contributed by atoms with Gasteiger partial charge in [-0.3, -0.25) is 4.79 Å². The van der Waals surface area contributed by atoms with E-state index < -0.39 is 21.8 Å². The normalized spacial score (nSPS) is 18.8. The lowest BCUT2D eigenvalue weighted by atomic mass is 10.1. The summed E-state index contributed by atoms with van der Waals surface area (Å²) in [7, 11) is -3.20. The van der Waals surface area contributed by atoms with Crippen molar-refractivity contribution in [1.82, 2.24) is 10.1 Å². The van der Waals surface area contributed by atoms with Crippen molar-refractivity contribution in [2.45, 2.75) is 19.0 Å². The van der Waals surface area contributed by atoms with Gasteiger partial charge in [0.05, 0.1) is 11.5 Å². The Labute approximate surface area is 195 Å². The predicted molar refractivity (Wildman–Crippen MR) is 121 cm³/mol. The Hall–Kier alpha value is -3.04. The number of ether oxygens (including phenoxy) is 2. The molecule has 10 heteroatoms. The van der Waals surface area contributed by atoms with Gasteiger partial charge in [0.1, 0.15) is 13.2 Å². The molecular formula is C23H21ClN2O6S. The Morgan fingerprint density at radius 2 is 1.88 bits per heavy atom. The molecule has 1 aromatic heterocycles. The number of fused-ring (bicyclic) bond motifs is 1. The van der Waals surface area contributed by atoms with E-state index in [0.717, 1.165) is 5.56 Å². The Morgan fingerprint density at radius 3 is 2.64 bits per heavy atom. The van der Waals surface area contributed by atoms with E-state index in [1.165, 1.54) is 4.90 Å². The maximum Gasteiger partial charge on any atom is 0.276 e. The van der Waals surface area contributed by atoms with Crippen LogP contribution in [0.3, 0.4) is 0 Å². The third-order valence-electron chi connectivity index (χ3n) is 5.76. The number of benzene rings is 2. The average molecular weight is 489 g/mol. The van der Waals surface area contributed by atoms with Crippen LogP contribution in [0, 0.1) is 0 Å². The standard InChI is InChI=1S/C23H21ClN2O6S/c24-18-4-2-1-3-16(18)13-26(17-7-10-33(28,29)14-17)23(27)19-12-21(32-25-19)15-5-6-20-22(11-15)31-9-8-30-20/h1-6,11-12,17H,7-10,13-14H2. The van der Waals surface area contributed by atoms with E-state index >= 15 is 0 Å². The van der Waals surface area contributed by atoms with E-state index in [1.807, 2.05) is 12.1 Å². The third kappa shape index (κ3) is 4.56. The van der Waals surface area contributed by atoms with Gasteiger partial charge in [-0.25, -0.2) is 8.42 Å². The number of sulfone groups is 1. The van der Waals surface area contributed by atoms with Crippen molar-refractivity contribution in [2.75, 3.05) is 24.7 Å². The van der Waals surface area contributed by atoms with Gasteiger partial charge in [0, 0.05) is 29.2 Å². The number of amides is 1. The number of hydrogen-bond acceptors (Lipinski definition) is 7. The van der Waals surface area contributed by atoms with Gasteiger partial charge in [-0.2, -0.15) is 0 Å². The molecule has 8 nitrogen and oxygen atoms in total. The topological polar surface area (TPSA) is 98.9 Å². The Morgan fingerprint density at radius 1 is 1.09 bits per heavy atom. The summed E-state index contributed by atoms with van der Waals surface area (Å²) in [4.78, 5) is 15.0. The van der Waals surface area contributed by atoms with E-state index in [0.29, 0.717) is 47.5 Å². The molecule has 0 saturated carbocycles. The molecule has 5 rings (SSSR count). The molecule has 0 bridgehead atoms. The number of carbonyl (C=O) groups is 1. The molecule has 0 N–H and O–H groups in total. The summed E-state index contributed by atoms with van der Waals surface area (Å²) in [5, 5.41) is 4.48. The monoisotopic (exact) mass is 488 g/mol. The lowest BCUT2D eigenvalue weighted by Gasteiger charge is -2.28. The summed E-state index contributed by atoms with van der Waals surface area (Å²) in [6.45, 7) is 1.12. The molecule has 1 atom stereocenters. The largest absolute Gasteiger partial charge is 0.486 e. The SMILES string of the molecule is O=C(c1cc(-c2ccc3c(c2)OCCO3)on1)N(Cc1ccccc1Cl)C1CCS(=O)(=O)C1. The van der Waals surface area contributed by atoms with Crippen LogP contribution in [0.2, 0.25) is 5.02 Å². The van der Waals surface area contributed by atoms with E-state index in [4.69, 9.17) is 25.6 Å². The number of carbonyl (C=O) groups excluding carboxylic acids is 1. The van der Waals surface area contributed by atoms with Crippen LogP contribution < -0.4 is 9.47 Å². The first kappa shape index (κ1) is 21.8. The van der Waals surface area contributed by atoms with E-state index in [2.05, 4.69) is 5.16 Å². The smallest absolute Gasteiger partial charge is 0.276 e. The summed E-state index contributed by atoms with van der Waals surface area (Å²) in [5.74, 6) is 1.19. The quantitative estimate of drug-likeness (QED) is 0.541. The highest BCUT2D eigenvalue weighted by Crippen LogP contribution is 2.35. The maximum absolute atomic E-state index is 13.5. The van der Waals surface area contributed by atoms with Gasteiger partial charge in [0.25, 0.3) is 5.91 Å². The van der Waals surface area contributed by atoms with Crippen molar-refractivity contribution >= 4 is 27.3 Å². The highest BCUT2D eigenvalue weighted by molar-refractivity contribution is 7.91. The second-order valence-corrected chi connectivity index (χ2v) is 10.7. The molecule has 1 amide bonds. The first-order valence-corrected chi connectivity index (χ1v) is 12.7. The minimum atomic E-state index is -3.20. The van der Waals surface area contributed by atoms with Crippen LogP contribution in [0.5, 0.6) is 11.5 Å². The fourth-order valence-corrected chi connectivity index (χ4v) is 5.98. The number of rotatable bonds is 5. The van der Waals surface area contributed by atoms with Gasteiger partial charge in [0.15, 0.2) is 32.8 Å². The average Bonchev–Trinajstić information content (AvgIpc) is 3.44. The van der Waals surface area contributed by atoms with Crippen molar-refractivity contribution in [3.63, 3.8) is 0 Å². The molecule has 172 valence electrons. The molecule has 0 aliphatic carbocycles. The van der Waals surface area contributed by atoms with Crippen molar-refractivity contribution in [3.8, 4) is 22.8 Å². The molecule has 2 aliphatic rings. The number of nitrogens with zero attached hydrogens (tertiary/aromatic N) is 2. The summed E-state index contributed by atoms with van der Waals surface area (Å²) in [5.41, 5.74) is 1.51. The van der Waals surface area contributed by atoms with Crippen LogP contribution >= 0.6 is 11.6 Å². The first-order chi connectivity index (χ1) is 15.9. The van der Waals surface area contributed by atoms with E-state index in [1.54, 1.807) is 36.4 Å². The van der Waals surface area contributed by atoms with Crippen molar-refractivity contribution in [2.24, 2.45) is 0 Å². The van der Waals surface area contributed by atoms with Crippen molar-refractivity contribution in [3.05, 3.63) is 64.8 Å². The first-order valence-electron chi connectivity index (χ1n) is 10.5. The molecule has 2 aromatic carbocycles. The Bertz CT molecular complexity index is 1310. The molecule has 3 aromatic rings. The molecule has 1 saturated heterocycles. The fraction of sp³-hybridized carbons (Fsp3) is 0.304. The molecule has 1 fully saturated rings. The summed E-state index contributed by atoms with van der Waals surface area (Å²) in [6, 6.07) is 13.6. The summed E-state index contributed by atoms with van der Waals surface area (Å²) < 4.78 is 40.8. The zero-order chi connectivity index (χ0) is 23.0. The highest BCUT2D eigenvalue weighted by Gasteiger charge is 2.36. The summed E-state index contributed by atoms with van der Waals surface area (Å²) in [6.07, 6.45) is 0.366. The van der Waals surface area contributed by atoms with Gasteiger partial charge >= 0.3 is 0 Å². The zero-order valence-electron chi connectivity index (χ0n) is 17.6. The molecule has 1 unspecified atom stereocenters. The molecule has 2 aliphatic heterocycles. The molecule has 0 radical (unpaired) electrons. The fourth-order valence-electron chi connectivity index (χ4n) is 4.05. The predicted octanol–water partition coefficient (Wildman–Crippen LogP) is 3.60. The van der Waals surface area contributed by atoms with Crippen LogP contribution in [-0.4, -0.2) is 55.1 Å². The van der Waals surface area contributed by atoms with Crippen molar-refractivity contribution in [1.29, 1.82) is 0 Å². The molecule has 0 spiro atoms. The van der Waals surface area contributed by atoms with Crippen LogP contribution in [-0.2, 0) is 16.4 Å². The number of halogens is 1. The third-order valence-corrected chi connectivity index (χ3v) is 7.88. The minimum Gasteiger partial charge on any atom is -0.486 e. The van der Waals surface area contributed by atoms with Gasteiger partial charge in [-0.1, -0.05) is 35.0 Å². The van der Waals surface area contributed by atoms with Crippen molar-refractivity contribution < 1.29 is 27.2 Å². The lowest BCUT2D eigenvalue weighted by Crippen LogP contribution is -2.40. The Kier molecular flexibility index (Phi) is 5.76. The molecule has 3 heterocycles. The highest BCUT2D eigenvalue weighted by atomic mass is 35.5. The second-order valence-electron chi connectivity index (χ2n) is 8.02. The van der Waals surface area contributed by atoms with Crippen LogP contribution in [0.4, 0.5) is 0 Å². The Balaban J connectivity index is 1.43. The van der Waals surface area contributed by atoms with Crippen LogP contribution in [0.1, 0.15) is 22.5 Å². The van der Waals surface area contributed by atoms with Gasteiger partial charge in [0.2, 0.25) is 0 Å². The zero-order valence-corrected chi connectivity index (χ0v) is 19.1. The van der Waals surface area contributed by atoms with Crippen LogP contribution in [0.25, 0.3) is 11.3 Å².